The molecule has 6 heteroatoms. The van der Waals surface area contributed by atoms with E-state index in [4.69, 9.17) is 11.1 Å². The maximum Gasteiger partial charge on any atom is 0.188 e. The number of benzene rings is 1. The molecule has 0 amide bonds. The van der Waals surface area contributed by atoms with Gasteiger partial charge in [0.15, 0.2) is 15.8 Å². The summed E-state index contributed by atoms with van der Waals surface area (Å²) in [6.07, 6.45) is 1.21. The fourth-order valence-corrected chi connectivity index (χ4v) is 1.59. The summed E-state index contributed by atoms with van der Waals surface area (Å²) in [7, 11) is -1.24. The van der Waals surface area contributed by atoms with Crippen molar-refractivity contribution in [2.75, 3.05) is 19.8 Å². The van der Waals surface area contributed by atoms with E-state index in [9.17, 15) is 8.42 Å². The molecule has 0 aliphatic carbocycles. The second kappa shape index (κ2) is 7.00. The molecule has 0 atom stereocenters. The normalized spacial score (nSPS) is 10.2. The van der Waals surface area contributed by atoms with Gasteiger partial charge >= 0.3 is 0 Å². The Bertz CT molecular complexity index is 490. The second-order valence-corrected chi connectivity index (χ2v) is 6.00. The van der Waals surface area contributed by atoms with Crippen molar-refractivity contribution in [1.29, 1.82) is 5.41 Å². The van der Waals surface area contributed by atoms with E-state index in [1.165, 1.54) is 6.26 Å². The average molecular weight is 275 g/mol. The van der Waals surface area contributed by atoms with Crippen LogP contribution < -0.4 is 5.73 Å². The molecule has 3 N–H and O–H groups in total. The van der Waals surface area contributed by atoms with Gasteiger partial charge in [-0.1, -0.05) is 17.7 Å². The van der Waals surface area contributed by atoms with Gasteiger partial charge in [-0.05, 0) is 26.0 Å². The highest BCUT2D eigenvalue weighted by Gasteiger charge is 2.04. The molecule has 0 aliphatic rings. The third kappa shape index (κ3) is 6.24. The zero-order chi connectivity index (χ0) is 14.3. The predicted molar refractivity (Wildman–Crippen MR) is 78.7 cm³/mol. The molecule has 0 aliphatic heterocycles. The van der Waals surface area contributed by atoms with E-state index < -0.39 is 9.84 Å². The lowest BCUT2D eigenvalue weighted by molar-refractivity contribution is 0.525. The van der Waals surface area contributed by atoms with Gasteiger partial charge in [0, 0.05) is 22.7 Å². The number of nitrogens with zero attached hydrogens (tertiary/aromatic N) is 1. The third-order valence-electron chi connectivity index (χ3n) is 2.33. The highest BCUT2D eigenvalue weighted by Crippen LogP contribution is 2.08. The van der Waals surface area contributed by atoms with Crippen molar-refractivity contribution in [3.05, 3.63) is 29.8 Å². The molecular formula is C12H25N3O2S. The molecule has 0 spiro atoms. The molecular weight excluding hydrogens is 250 g/mol. The topological polar surface area (TPSA) is 87.2 Å². The van der Waals surface area contributed by atoms with E-state index in [0.717, 1.165) is 12.1 Å². The molecule has 1 aromatic rings. The second-order valence-electron chi connectivity index (χ2n) is 3.98. The summed E-state index contributed by atoms with van der Waals surface area (Å²) in [6, 6.07) is 6.81. The van der Waals surface area contributed by atoms with Gasteiger partial charge < -0.3 is 10.6 Å². The van der Waals surface area contributed by atoms with Crippen molar-refractivity contribution in [2.24, 2.45) is 5.73 Å². The van der Waals surface area contributed by atoms with Crippen molar-refractivity contribution < 1.29 is 11.3 Å². The number of aryl methyl sites for hydroxylation is 1. The molecule has 5 nitrogen and oxygen atoms in total. The Balaban J connectivity index is -0.000000286. The molecule has 0 bridgehead atoms. The van der Waals surface area contributed by atoms with E-state index in [1.807, 2.05) is 13.8 Å². The standard InChI is InChI=1S/C8H10O2S.C4H11N3.2H2/c1-7-3-5-8(6-4-7)11(2,9)10;1-3-7(2)4(5)6;;/h3-6H,1-2H3;3H2,1-2H3,(H3,5,6);2*1H. The van der Waals surface area contributed by atoms with Crippen molar-refractivity contribution in [3.63, 3.8) is 0 Å². The fourth-order valence-electron chi connectivity index (χ4n) is 0.956. The minimum atomic E-state index is -3.02. The molecule has 0 saturated carbocycles. The Kier molecular flexibility index (Phi) is 6.40. The molecule has 1 rings (SSSR count). The van der Waals surface area contributed by atoms with E-state index in [1.54, 1.807) is 36.2 Å². The quantitative estimate of drug-likeness (QED) is 0.635. The predicted octanol–water partition coefficient (Wildman–Crippen LogP) is 1.72. The number of hydrogen-bond donors (Lipinski definition) is 2. The van der Waals surface area contributed by atoms with E-state index in [2.05, 4.69) is 0 Å². The first-order valence-electron chi connectivity index (χ1n) is 5.50. The van der Waals surface area contributed by atoms with E-state index >= 15 is 0 Å². The Labute approximate surface area is 112 Å². The summed E-state index contributed by atoms with van der Waals surface area (Å²) in [5, 5.41) is 6.80. The lowest BCUT2D eigenvalue weighted by Gasteiger charge is -2.11. The Morgan fingerprint density at radius 2 is 1.83 bits per heavy atom. The van der Waals surface area contributed by atoms with Crippen LogP contribution in [-0.2, 0) is 9.84 Å². The van der Waals surface area contributed by atoms with Gasteiger partial charge in [-0.15, -0.1) is 0 Å². The summed E-state index contributed by atoms with van der Waals surface area (Å²) in [5.74, 6) is 0.127. The lowest BCUT2D eigenvalue weighted by Crippen LogP contribution is -2.32. The minimum Gasteiger partial charge on any atom is -0.370 e. The van der Waals surface area contributed by atoms with Crippen molar-refractivity contribution in [2.45, 2.75) is 18.7 Å². The van der Waals surface area contributed by atoms with Crippen molar-refractivity contribution in [1.82, 2.24) is 4.90 Å². The first-order valence-corrected chi connectivity index (χ1v) is 7.39. The minimum absolute atomic E-state index is 0. The van der Waals surface area contributed by atoms with Crippen LogP contribution in [-0.4, -0.2) is 39.1 Å². The summed E-state index contributed by atoms with van der Waals surface area (Å²) >= 11 is 0. The molecule has 0 fully saturated rings. The average Bonchev–Trinajstić information content (AvgIpc) is 2.28. The maximum atomic E-state index is 10.9. The summed E-state index contributed by atoms with van der Waals surface area (Å²) in [4.78, 5) is 2.03. The van der Waals surface area contributed by atoms with Crippen LogP contribution in [0.1, 0.15) is 15.3 Å². The zero-order valence-electron chi connectivity index (χ0n) is 11.3. The number of guanidine groups is 1. The maximum absolute atomic E-state index is 10.9. The molecule has 0 heterocycles. The highest BCUT2D eigenvalue weighted by atomic mass is 32.2. The van der Waals surface area contributed by atoms with Crippen LogP contribution in [0.3, 0.4) is 0 Å². The van der Waals surface area contributed by atoms with Crippen LogP contribution in [0.4, 0.5) is 0 Å². The van der Waals surface area contributed by atoms with Crippen molar-refractivity contribution >= 4 is 15.8 Å². The summed E-state index contributed by atoms with van der Waals surface area (Å²) in [6.45, 7) is 4.67. The monoisotopic (exact) mass is 275 g/mol. The van der Waals surface area contributed by atoms with Gasteiger partial charge in [0.1, 0.15) is 0 Å². The molecule has 1 aromatic carbocycles. The Morgan fingerprint density at radius 1 is 1.39 bits per heavy atom. The van der Waals surface area contributed by atoms with Gasteiger partial charge in [0.05, 0.1) is 4.90 Å². The summed E-state index contributed by atoms with van der Waals surface area (Å²) in [5.41, 5.74) is 6.12. The van der Waals surface area contributed by atoms with Crippen LogP contribution >= 0.6 is 0 Å². The molecule has 0 unspecified atom stereocenters. The highest BCUT2D eigenvalue weighted by molar-refractivity contribution is 7.90. The SMILES string of the molecule is CCN(C)C(=N)N.Cc1ccc(S(C)(=O)=O)cc1.[HH].[HH]. The first-order chi connectivity index (χ1) is 8.18. The van der Waals surface area contributed by atoms with Crippen LogP contribution in [0.25, 0.3) is 0 Å². The molecule has 106 valence electrons. The van der Waals surface area contributed by atoms with Crippen LogP contribution in [0.5, 0.6) is 0 Å². The van der Waals surface area contributed by atoms with E-state index in [-0.39, 0.29) is 8.81 Å². The van der Waals surface area contributed by atoms with Gasteiger partial charge in [0.25, 0.3) is 0 Å². The lowest BCUT2D eigenvalue weighted by atomic mass is 10.2. The Morgan fingerprint density at radius 3 is 2.06 bits per heavy atom. The third-order valence-corrected chi connectivity index (χ3v) is 3.46. The van der Waals surface area contributed by atoms with Gasteiger partial charge in [0.2, 0.25) is 0 Å². The van der Waals surface area contributed by atoms with Crippen LogP contribution in [0.2, 0.25) is 0 Å². The first kappa shape index (κ1) is 16.4. The Hall–Kier alpha value is -1.56. The van der Waals surface area contributed by atoms with Gasteiger partial charge in [-0.3, -0.25) is 5.41 Å². The van der Waals surface area contributed by atoms with E-state index in [0.29, 0.717) is 4.90 Å². The molecule has 0 saturated heterocycles. The smallest absolute Gasteiger partial charge is 0.188 e. The van der Waals surface area contributed by atoms with Crippen LogP contribution in [0, 0.1) is 12.3 Å². The summed E-state index contributed by atoms with van der Waals surface area (Å²) < 4.78 is 21.9. The largest absolute Gasteiger partial charge is 0.370 e. The van der Waals surface area contributed by atoms with Crippen molar-refractivity contribution in [3.8, 4) is 0 Å². The number of nitrogens with two attached hydrogens (primary N) is 1. The van der Waals surface area contributed by atoms with Crippen LogP contribution in [0.15, 0.2) is 29.2 Å². The number of sulfone groups is 1. The van der Waals surface area contributed by atoms with Gasteiger partial charge in [-0.25, -0.2) is 8.42 Å². The number of nitrogens with one attached hydrogen (secondary N) is 1. The van der Waals surface area contributed by atoms with Gasteiger partial charge in [-0.2, -0.15) is 0 Å². The molecule has 18 heavy (non-hydrogen) atoms. The number of hydrogen-bond acceptors (Lipinski definition) is 3. The number of rotatable bonds is 2. The fraction of sp³-hybridized carbons (Fsp3) is 0.417. The molecule has 0 aromatic heterocycles. The molecule has 0 radical (unpaired) electrons. The zero-order valence-corrected chi connectivity index (χ0v) is 12.1.